The zero-order chi connectivity index (χ0) is 11.5. The molecule has 1 fully saturated rings. The molecule has 16 heavy (non-hydrogen) atoms. The molecule has 4 heteroatoms. The van der Waals surface area contributed by atoms with Gasteiger partial charge in [0.25, 0.3) is 0 Å². The first-order valence-electron chi connectivity index (χ1n) is 5.62. The summed E-state index contributed by atoms with van der Waals surface area (Å²) in [7, 11) is 2.06. The number of pyridine rings is 1. The number of ether oxygens (including phenoxy) is 1. The molecule has 0 bridgehead atoms. The fourth-order valence-electron chi connectivity index (χ4n) is 1.97. The van der Waals surface area contributed by atoms with Crippen LogP contribution in [0.5, 0.6) is 0 Å². The summed E-state index contributed by atoms with van der Waals surface area (Å²) in [4.78, 5) is 6.56. The normalized spacial score (nSPS) is 20.1. The Morgan fingerprint density at radius 2 is 2.44 bits per heavy atom. The predicted molar refractivity (Wildman–Crippen MR) is 68.9 cm³/mol. The number of likely N-dealkylation sites (N-methyl/N-ethyl adjacent to an activating group) is 1. The van der Waals surface area contributed by atoms with Crippen molar-refractivity contribution >= 4 is 21.7 Å². The van der Waals surface area contributed by atoms with Crippen LogP contribution in [0.25, 0.3) is 0 Å². The predicted octanol–water partition coefficient (Wildman–Crippen LogP) is 2.77. The SMILES string of the molecule is Cc1ccnc(N(C)CC2CCCO2)c1Br. The molecule has 88 valence electrons. The molecule has 0 spiro atoms. The number of hydrogen-bond donors (Lipinski definition) is 0. The molecule has 0 amide bonds. The summed E-state index contributed by atoms with van der Waals surface area (Å²) in [6, 6.07) is 2.01. The van der Waals surface area contributed by atoms with Crippen molar-refractivity contribution in [1.29, 1.82) is 0 Å². The Morgan fingerprint density at radius 1 is 1.62 bits per heavy atom. The minimum absolute atomic E-state index is 0.360. The Hall–Kier alpha value is -0.610. The van der Waals surface area contributed by atoms with E-state index in [4.69, 9.17) is 4.74 Å². The van der Waals surface area contributed by atoms with Gasteiger partial charge in [0.1, 0.15) is 5.82 Å². The highest BCUT2D eigenvalue weighted by molar-refractivity contribution is 9.10. The molecule has 1 aromatic rings. The molecule has 1 atom stereocenters. The van der Waals surface area contributed by atoms with Gasteiger partial charge in [0.15, 0.2) is 0 Å². The van der Waals surface area contributed by atoms with Gasteiger partial charge in [0.05, 0.1) is 10.6 Å². The van der Waals surface area contributed by atoms with Crippen LogP contribution in [0.15, 0.2) is 16.7 Å². The number of aromatic nitrogens is 1. The monoisotopic (exact) mass is 284 g/mol. The quantitative estimate of drug-likeness (QED) is 0.854. The van der Waals surface area contributed by atoms with Gasteiger partial charge in [0.2, 0.25) is 0 Å². The zero-order valence-electron chi connectivity index (χ0n) is 9.74. The van der Waals surface area contributed by atoms with Gasteiger partial charge in [-0.3, -0.25) is 0 Å². The minimum atomic E-state index is 0.360. The molecule has 1 unspecified atom stereocenters. The van der Waals surface area contributed by atoms with E-state index in [0.29, 0.717) is 6.10 Å². The molecule has 1 aliphatic heterocycles. The first kappa shape index (κ1) is 11.9. The average molecular weight is 285 g/mol. The lowest BCUT2D eigenvalue weighted by atomic mass is 10.2. The highest BCUT2D eigenvalue weighted by Gasteiger charge is 2.19. The van der Waals surface area contributed by atoms with E-state index in [0.717, 1.165) is 29.9 Å². The van der Waals surface area contributed by atoms with Gasteiger partial charge in [-0.15, -0.1) is 0 Å². The van der Waals surface area contributed by atoms with Gasteiger partial charge in [-0.2, -0.15) is 0 Å². The van der Waals surface area contributed by atoms with E-state index in [2.05, 4.69) is 39.8 Å². The summed E-state index contributed by atoms with van der Waals surface area (Å²) < 4.78 is 6.71. The second-order valence-electron chi connectivity index (χ2n) is 4.28. The van der Waals surface area contributed by atoms with Gasteiger partial charge < -0.3 is 9.64 Å². The first-order valence-corrected chi connectivity index (χ1v) is 6.41. The minimum Gasteiger partial charge on any atom is -0.376 e. The molecule has 0 N–H and O–H groups in total. The molecule has 0 radical (unpaired) electrons. The molecule has 1 aliphatic rings. The molecular weight excluding hydrogens is 268 g/mol. The van der Waals surface area contributed by atoms with E-state index >= 15 is 0 Å². The number of aryl methyl sites for hydroxylation is 1. The summed E-state index contributed by atoms with van der Waals surface area (Å²) >= 11 is 3.59. The van der Waals surface area contributed by atoms with Gasteiger partial charge in [-0.1, -0.05) is 0 Å². The summed E-state index contributed by atoms with van der Waals surface area (Å²) in [6.45, 7) is 3.89. The lowest BCUT2D eigenvalue weighted by molar-refractivity contribution is 0.116. The third-order valence-corrected chi connectivity index (χ3v) is 3.91. The molecule has 0 aliphatic carbocycles. The van der Waals surface area contributed by atoms with E-state index in [1.54, 1.807) is 0 Å². The fraction of sp³-hybridized carbons (Fsp3) is 0.583. The standard InChI is InChI=1S/C12H17BrN2O/c1-9-5-6-14-12(11(9)13)15(2)8-10-4-3-7-16-10/h5-6,10H,3-4,7-8H2,1-2H3. The first-order chi connectivity index (χ1) is 7.68. The maximum atomic E-state index is 5.63. The number of rotatable bonds is 3. The van der Waals surface area contributed by atoms with Crippen LogP contribution in [0.1, 0.15) is 18.4 Å². The van der Waals surface area contributed by atoms with E-state index < -0.39 is 0 Å². The third-order valence-electron chi connectivity index (χ3n) is 2.93. The third kappa shape index (κ3) is 2.55. The molecule has 2 heterocycles. The van der Waals surface area contributed by atoms with Gasteiger partial charge >= 0.3 is 0 Å². The number of nitrogens with zero attached hydrogens (tertiary/aromatic N) is 2. The average Bonchev–Trinajstić information content (AvgIpc) is 2.74. The maximum absolute atomic E-state index is 5.63. The highest BCUT2D eigenvalue weighted by atomic mass is 79.9. The van der Waals surface area contributed by atoms with Gasteiger partial charge in [0, 0.05) is 26.4 Å². The maximum Gasteiger partial charge on any atom is 0.142 e. The summed E-state index contributed by atoms with van der Waals surface area (Å²) in [5, 5.41) is 0. The van der Waals surface area contributed by atoms with Crippen molar-refractivity contribution in [2.45, 2.75) is 25.9 Å². The Balaban J connectivity index is 2.07. The lowest BCUT2D eigenvalue weighted by Gasteiger charge is -2.23. The Bertz CT molecular complexity index is 364. The van der Waals surface area contributed by atoms with E-state index in [1.165, 1.54) is 12.0 Å². The Morgan fingerprint density at radius 3 is 3.12 bits per heavy atom. The summed E-state index contributed by atoms with van der Waals surface area (Å²) in [5.74, 6) is 0.996. The Kier molecular flexibility index (Phi) is 3.82. The number of anilines is 1. The van der Waals surface area contributed by atoms with Crippen LogP contribution in [-0.4, -0.2) is 31.3 Å². The molecule has 1 saturated heterocycles. The largest absolute Gasteiger partial charge is 0.376 e. The van der Waals surface area contributed by atoms with Gasteiger partial charge in [-0.05, 0) is 47.3 Å². The number of halogens is 1. The molecule has 0 saturated carbocycles. The highest BCUT2D eigenvalue weighted by Crippen LogP contribution is 2.26. The van der Waals surface area contributed by atoms with Crippen molar-refractivity contribution in [2.75, 3.05) is 25.1 Å². The van der Waals surface area contributed by atoms with Crippen LogP contribution in [-0.2, 0) is 4.74 Å². The second-order valence-corrected chi connectivity index (χ2v) is 5.07. The van der Waals surface area contributed by atoms with E-state index in [9.17, 15) is 0 Å². The van der Waals surface area contributed by atoms with Crippen molar-refractivity contribution in [3.05, 3.63) is 22.3 Å². The van der Waals surface area contributed by atoms with E-state index in [-0.39, 0.29) is 0 Å². The van der Waals surface area contributed by atoms with Crippen molar-refractivity contribution in [3.63, 3.8) is 0 Å². The van der Waals surface area contributed by atoms with Crippen molar-refractivity contribution in [1.82, 2.24) is 4.98 Å². The topological polar surface area (TPSA) is 25.4 Å². The zero-order valence-corrected chi connectivity index (χ0v) is 11.3. The lowest BCUT2D eigenvalue weighted by Crippen LogP contribution is -2.29. The molecule has 1 aromatic heterocycles. The fourth-order valence-corrected chi connectivity index (χ4v) is 2.51. The molecule has 2 rings (SSSR count). The number of hydrogen-bond acceptors (Lipinski definition) is 3. The van der Waals surface area contributed by atoms with Crippen LogP contribution >= 0.6 is 15.9 Å². The smallest absolute Gasteiger partial charge is 0.142 e. The van der Waals surface area contributed by atoms with Crippen LogP contribution in [0.3, 0.4) is 0 Å². The molecule has 0 aromatic carbocycles. The van der Waals surface area contributed by atoms with Crippen LogP contribution in [0.2, 0.25) is 0 Å². The van der Waals surface area contributed by atoms with Crippen molar-refractivity contribution < 1.29 is 4.74 Å². The Labute approximate surface area is 105 Å². The van der Waals surface area contributed by atoms with E-state index in [1.807, 2.05) is 12.3 Å². The molecular formula is C12H17BrN2O. The van der Waals surface area contributed by atoms with Crippen LogP contribution in [0.4, 0.5) is 5.82 Å². The van der Waals surface area contributed by atoms with Crippen molar-refractivity contribution in [3.8, 4) is 0 Å². The molecule has 3 nitrogen and oxygen atoms in total. The summed E-state index contributed by atoms with van der Waals surface area (Å²) in [6.07, 6.45) is 4.55. The second kappa shape index (κ2) is 5.15. The van der Waals surface area contributed by atoms with Gasteiger partial charge in [-0.25, -0.2) is 4.98 Å². The van der Waals surface area contributed by atoms with Crippen molar-refractivity contribution in [2.24, 2.45) is 0 Å². The van der Waals surface area contributed by atoms with Crippen LogP contribution in [0, 0.1) is 6.92 Å². The summed E-state index contributed by atoms with van der Waals surface area (Å²) in [5.41, 5.74) is 1.21. The van der Waals surface area contributed by atoms with Crippen LogP contribution < -0.4 is 4.90 Å².